The molecule has 5 nitrogen and oxygen atoms in total. The van der Waals surface area contributed by atoms with Crippen molar-refractivity contribution in [3.05, 3.63) is 57.8 Å². The first-order valence-corrected chi connectivity index (χ1v) is 6.92. The SMILES string of the molecule is CC(NC(=O)c1cccc(/C(N)=N/O)c1)c1cccs1. The Morgan fingerprint density at radius 3 is 2.75 bits per heavy atom. The summed E-state index contributed by atoms with van der Waals surface area (Å²) in [6, 6.07) is 10.5. The predicted molar refractivity (Wildman–Crippen MR) is 79.2 cm³/mol. The zero-order chi connectivity index (χ0) is 14.5. The van der Waals surface area contributed by atoms with Gasteiger partial charge in [0.1, 0.15) is 0 Å². The molecule has 20 heavy (non-hydrogen) atoms. The van der Waals surface area contributed by atoms with E-state index < -0.39 is 0 Å². The second-order valence-corrected chi connectivity index (χ2v) is 5.26. The summed E-state index contributed by atoms with van der Waals surface area (Å²) in [6.45, 7) is 1.93. The van der Waals surface area contributed by atoms with Crippen molar-refractivity contribution >= 4 is 23.1 Å². The van der Waals surface area contributed by atoms with Gasteiger partial charge in [0.2, 0.25) is 0 Å². The van der Waals surface area contributed by atoms with E-state index in [4.69, 9.17) is 10.9 Å². The van der Waals surface area contributed by atoms with Gasteiger partial charge in [0.05, 0.1) is 6.04 Å². The summed E-state index contributed by atoms with van der Waals surface area (Å²) in [4.78, 5) is 13.3. The van der Waals surface area contributed by atoms with Crippen LogP contribution in [0.3, 0.4) is 0 Å². The zero-order valence-electron chi connectivity index (χ0n) is 10.9. The lowest BCUT2D eigenvalue weighted by atomic mass is 10.1. The first-order chi connectivity index (χ1) is 9.61. The van der Waals surface area contributed by atoms with Gasteiger partial charge in [0.15, 0.2) is 5.84 Å². The standard InChI is InChI=1S/C14H15N3O2S/c1-9(12-6-3-7-20-12)16-14(18)11-5-2-4-10(8-11)13(15)17-19/h2-9,19H,1H3,(H2,15,17)(H,16,18). The van der Waals surface area contributed by atoms with Crippen molar-refractivity contribution in [2.24, 2.45) is 10.9 Å². The number of benzene rings is 1. The van der Waals surface area contributed by atoms with Gasteiger partial charge < -0.3 is 16.3 Å². The summed E-state index contributed by atoms with van der Waals surface area (Å²) >= 11 is 1.59. The fourth-order valence-corrected chi connectivity index (χ4v) is 2.50. The number of oxime groups is 1. The van der Waals surface area contributed by atoms with E-state index in [2.05, 4.69) is 10.5 Å². The number of nitrogens with zero attached hydrogens (tertiary/aromatic N) is 1. The molecule has 1 aromatic heterocycles. The molecule has 0 spiro atoms. The lowest BCUT2D eigenvalue weighted by molar-refractivity contribution is 0.0940. The summed E-state index contributed by atoms with van der Waals surface area (Å²) in [7, 11) is 0. The van der Waals surface area contributed by atoms with Crippen molar-refractivity contribution in [1.82, 2.24) is 5.32 Å². The van der Waals surface area contributed by atoms with Crippen LogP contribution in [0, 0.1) is 0 Å². The van der Waals surface area contributed by atoms with Crippen LogP contribution in [0.5, 0.6) is 0 Å². The third-order valence-electron chi connectivity index (χ3n) is 2.85. The number of nitrogens with one attached hydrogen (secondary N) is 1. The van der Waals surface area contributed by atoms with Crippen molar-refractivity contribution < 1.29 is 10.0 Å². The van der Waals surface area contributed by atoms with Gasteiger partial charge in [-0.3, -0.25) is 4.79 Å². The second kappa shape index (κ2) is 6.21. The van der Waals surface area contributed by atoms with Gasteiger partial charge in [0, 0.05) is 16.0 Å². The zero-order valence-corrected chi connectivity index (χ0v) is 11.7. The highest BCUT2D eigenvalue weighted by atomic mass is 32.1. The Hall–Kier alpha value is -2.34. The second-order valence-electron chi connectivity index (χ2n) is 4.28. The van der Waals surface area contributed by atoms with E-state index in [0.29, 0.717) is 11.1 Å². The summed E-state index contributed by atoms with van der Waals surface area (Å²) < 4.78 is 0. The molecule has 0 radical (unpaired) electrons. The summed E-state index contributed by atoms with van der Waals surface area (Å²) in [5.74, 6) is -0.218. The molecule has 1 unspecified atom stereocenters. The van der Waals surface area contributed by atoms with E-state index in [1.807, 2.05) is 24.4 Å². The molecular weight excluding hydrogens is 274 g/mol. The van der Waals surface area contributed by atoms with Gasteiger partial charge in [0.25, 0.3) is 5.91 Å². The molecule has 0 bridgehead atoms. The minimum Gasteiger partial charge on any atom is -0.409 e. The van der Waals surface area contributed by atoms with Crippen molar-refractivity contribution in [1.29, 1.82) is 0 Å². The predicted octanol–water partition coefficient (Wildman–Crippen LogP) is 2.33. The normalized spacial score (nSPS) is 12.9. The number of nitrogens with two attached hydrogens (primary N) is 1. The Balaban J connectivity index is 2.13. The lowest BCUT2D eigenvalue weighted by Crippen LogP contribution is -2.26. The van der Waals surface area contributed by atoms with E-state index >= 15 is 0 Å². The number of carbonyl (C=O) groups excluding carboxylic acids is 1. The summed E-state index contributed by atoms with van der Waals surface area (Å²) in [6.07, 6.45) is 0. The van der Waals surface area contributed by atoms with E-state index in [0.717, 1.165) is 4.88 Å². The Kier molecular flexibility index (Phi) is 4.37. The maximum Gasteiger partial charge on any atom is 0.251 e. The molecule has 4 N–H and O–H groups in total. The minimum atomic E-state index is -0.196. The molecule has 0 saturated heterocycles. The number of hydrogen-bond donors (Lipinski definition) is 3. The quantitative estimate of drug-likeness (QED) is 0.349. The highest BCUT2D eigenvalue weighted by molar-refractivity contribution is 7.10. The largest absolute Gasteiger partial charge is 0.409 e. The molecule has 2 rings (SSSR count). The van der Waals surface area contributed by atoms with Crippen LogP contribution < -0.4 is 11.1 Å². The van der Waals surface area contributed by atoms with E-state index in [-0.39, 0.29) is 17.8 Å². The van der Waals surface area contributed by atoms with Crippen LogP contribution in [0.1, 0.15) is 33.8 Å². The number of thiophene rings is 1. The molecular formula is C14H15N3O2S. The number of hydrogen-bond acceptors (Lipinski definition) is 4. The third kappa shape index (κ3) is 3.16. The highest BCUT2D eigenvalue weighted by Gasteiger charge is 2.13. The monoisotopic (exact) mass is 289 g/mol. The fourth-order valence-electron chi connectivity index (χ4n) is 1.77. The Labute approximate surface area is 120 Å². The van der Waals surface area contributed by atoms with Crippen LogP contribution in [0.15, 0.2) is 46.9 Å². The van der Waals surface area contributed by atoms with E-state index in [1.165, 1.54) is 0 Å². The maximum absolute atomic E-state index is 12.2. The van der Waals surface area contributed by atoms with Crippen LogP contribution in [0.25, 0.3) is 0 Å². The molecule has 0 aliphatic heterocycles. The third-order valence-corrected chi connectivity index (χ3v) is 3.90. The van der Waals surface area contributed by atoms with Gasteiger partial charge in [-0.05, 0) is 30.5 Å². The van der Waals surface area contributed by atoms with Crippen molar-refractivity contribution in [3.8, 4) is 0 Å². The molecule has 0 fully saturated rings. The Morgan fingerprint density at radius 1 is 1.35 bits per heavy atom. The van der Waals surface area contributed by atoms with Crippen LogP contribution in [0.2, 0.25) is 0 Å². The molecule has 0 saturated carbocycles. The molecule has 6 heteroatoms. The van der Waals surface area contributed by atoms with Crippen LogP contribution in [0.4, 0.5) is 0 Å². The fraction of sp³-hybridized carbons (Fsp3) is 0.143. The highest BCUT2D eigenvalue weighted by Crippen LogP contribution is 2.18. The van der Waals surface area contributed by atoms with Crippen molar-refractivity contribution in [2.75, 3.05) is 0 Å². The Morgan fingerprint density at radius 2 is 2.10 bits per heavy atom. The van der Waals surface area contributed by atoms with Crippen LogP contribution in [-0.2, 0) is 0 Å². The lowest BCUT2D eigenvalue weighted by Gasteiger charge is -2.12. The number of amidine groups is 1. The van der Waals surface area contributed by atoms with Crippen LogP contribution in [-0.4, -0.2) is 17.0 Å². The van der Waals surface area contributed by atoms with Gasteiger partial charge >= 0.3 is 0 Å². The molecule has 104 valence electrons. The van der Waals surface area contributed by atoms with Gasteiger partial charge in [-0.25, -0.2) is 0 Å². The number of carbonyl (C=O) groups is 1. The van der Waals surface area contributed by atoms with Gasteiger partial charge in [-0.15, -0.1) is 11.3 Å². The van der Waals surface area contributed by atoms with E-state index in [1.54, 1.807) is 35.6 Å². The van der Waals surface area contributed by atoms with E-state index in [9.17, 15) is 4.79 Å². The average molecular weight is 289 g/mol. The van der Waals surface area contributed by atoms with Gasteiger partial charge in [-0.2, -0.15) is 0 Å². The molecule has 2 aromatic rings. The molecule has 0 aliphatic carbocycles. The Bertz CT molecular complexity index is 623. The average Bonchev–Trinajstić information content (AvgIpc) is 3.00. The molecule has 1 atom stereocenters. The van der Waals surface area contributed by atoms with Crippen molar-refractivity contribution in [3.63, 3.8) is 0 Å². The molecule has 1 amide bonds. The number of rotatable bonds is 4. The number of amides is 1. The van der Waals surface area contributed by atoms with Gasteiger partial charge in [-0.1, -0.05) is 23.4 Å². The van der Waals surface area contributed by atoms with Crippen LogP contribution >= 0.6 is 11.3 Å². The topological polar surface area (TPSA) is 87.7 Å². The first-order valence-electron chi connectivity index (χ1n) is 6.04. The maximum atomic E-state index is 12.2. The smallest absolute Gasteiger partial charge is 0.251 e. The first kappa shape index (κ1) is 14.1. The molecule has 1 aromatic carbocycles. The molecule has 0 aliphatic rings. The summed E-state index contributed by atoms with van der Waals surface area (Å²) in [5, 5.41) is 16.5. The minimum absolute atomic E-state index is 0.0223. The molecule has 1 heterocycles. The van der Waals surface area contributed by atoms with Crippen molar-refractivity contribution in [2.45, 2.75) is 13.0 Å². The summed E-state index contributed by atoms with van der Waals surface area (Å²) in [5.41, 5.74) is 6.49.